The Bertz CT molecular complexity index is 1050. The lowest BCUT2D eigenvalue weighted by Gasteiger charge is -2.25. The largest absolute Gasteiger partial charge is 0.491 e. The van der Waals surface area contributed by atoms with E-state index in [9.17, 15) is 13.6 Å². The van der Waals surface area contributed by atoms with Crippen LogP contribution in [0.4, 0.5) is 13.9 Å². The summed E-state index contributed by atoms with van der Waals surface area (Å²) < 4.78 is 40.2. The molecule has 0 bridgehead atoms. The lowest BCUT2D eigenvalue weighted by Crippen LogP contribution is -2.36. The number of hydrogen-bond acceptors (Lipinski definition) is 7. The van der Waals surface area contributed by atoms with Crippen molar-refractivity contribution in [2.45, 2.75) is 6.54 Å². The van der Waals surface area contributed by atoms with E-state index >= 15 is 0 Å². The van der Waals surface area contributed by atoms with E-state index in [1.54, 1.807) is 4.57 Å². The Morgan fingerprint density at radius 3 is 2.81 bits per heavy atom. The molecule has 0 N–H and O–H groups in total. The van der Waals surface area contributed by atoms with Gasteiger partial charge in [-0.05, 0) is 6.07 Å². The van der Waals surface area contributed by atoms with Crippen molar-refractivity contribution in [2.24, 2.45) is 0 Å². The molecule has 0 saturated carbocycles. The molecular formula is C17H16F2N4O3S. The Balaban J connectivity index is 1.75. The van der Waals surface area contributed by atoms with Crippen LogP contribution in [0, 0.1) is 11.6 Å². The molecule has 1 saturated heterocycles. The first kappa shape index (κ1) is 17.8. The third-order valence-electron chi connectivity index (χ3n) is 4.33. The standard InChI is InChI=1S/C17H16F2N4O3S/c1-25-13-11(18)3-2-10(12(13)19)8-23-9-20-16(24)14-15(23)21-17(27-14)22-4-6-26-7-5-22/h2-3,9H,4-8H2,1H3. The third kappa shape index (κ3) is 3.26. The Hall–Kier alpha value is -2.59. The summed E-state index contributed by atoms with van der Waals surface area (Å²) in [6.45, 7) is 2.60. The van der Waals surface area contributed by atoms with Gasteiger partial charge in [-0.15, -0.1) is 0 Å². The molecule has 1 aliphatic rings. The highest BCUT2D eigenvalue weighted by Gasteiger charge is 2.20. The number of thiazole rings is 1. The molecule has 4 rings (SSSR count). The number of hydrogen-bond donors (Lipinski definition) is 0. The number of methoxy groups -OCH3 is 1. The van der Waals surface area contributed by atoms with E-state index in [1.807, 2.05) is 4.90 Å². The van der Waals surface area contributed by atoms with Crippen LogP contribution in [0.5, 0.6) is 5.75 Å². The minimum absolute atomic E-state index is 0.0402. The van der Waals surface area contributed by atoms with E-state index in [0.29, 0.717) is 41.8 Å². The Morgan fingerprint density at radius 1 is 1.30 bits per heavy atom. The monoisotopic (exact) mass is 394 g/mol. The smallest absolute Gasteiger partial charge is 0.292 e. The zero-order valence-corrected chi connectivity index (χ0v) is 15.3. The predicted molar refractivity (Wildman–Crippen MR) is 96.7 cm³/mol. The summed E-state index contributed by atoms with van der Waals surface area (Å²) >= 11 is 1.25. The molecule has 1 aliphatic heterocycles. The fourth-order valence-electron chi connectivity index (χ4n) is 2.94. The Kier molecular flexibility index (Phi) is 4.75. The van der Waals surface area contributed by atoms with Crippen LogP contribution in [-0.2, 0) is 11.3 Å². The molecule has 0 aliphatic carbocycles. The van der Waals surface area contributed by atoms with Crippen molar-refractivity contribution in [3.05, 3.63) is 46.0 Å². The van der Waals surface area contributed by atoms with Crippen LogP contribution >= 0.6 is 11.3 Å². The summed E-state index contributed by atoms with van der Waals surface area (Å²) in [6.07, 6.45) is 1.32. The maximum Gasteiger partial charge on any atom is 0.292 e. The molecule has 3 heterocycles. The molecule has 0 atom stereocenters. The van der Waals surface area contributed by atoms with Crippen molar-refractivity contribution in [1.29, 1.82) is 0 Å². The number of fused-ring (bicyclic) bond motifs is 1. The van der Waals surface area contributed by atoms with E-state index in [4.69, 9.17) is 9.47 Å². The van der Waals surface area contributed by atoms with Gasteiger partial charge in [0.15, 0.2) is 28.2 Å². The van der Waals surface area contributed by atoms with Crippen molar-refractivity contribution in [3.8, 4) is 5.75 Å². The van der Waals surface area contributed by atoms with Crippen molar-refractivity contribution in [1.82, 2.24) is 14.5 Å². The fourth-order valence-corrected chi connectivity index (χ4v) is 3.96. The molecule has 27 heavy (non-hydrogen) atoms. The molecular weight excluding hydrogens is 378 g/mol. The summed E-state index contributed by atoms with van der Waals surface area (Å²) in [5.74, 6) is -2.00. The highest BCUT2D eigenvalue weighted by Crippen LogP contribution is 2.29. The second-order valence-electron chi connectivity index (χ2n) is 5.98. The lowest BCUT2D eigenvalue weighted by molar-refractivity contribution is 0.122. The minimum Gasteiger partial charge on any atom is -0.491 e. The van der Waals surface area contributed by atoms with Gasteiger partial charge in [-0.25, -0.2) is 13.8 Å². The first-order valence-electron chi connectivity index (χ1n) is 8.28. The zero-order valence-electron chi connectivity index (χ0n) is 14.4. The third-order valence-corrected chi connectivity index (χ3v) is 5.43. The minimum atomic E-state index is -0.784. The molecule has 7 nitrogen and oxygen atoms in total. The molecule has 3 aromatic rings. The van der Waals surface area contributed by atoms with E-state index in [1.165, 1.54) is 30.8 Å². The van der Waals surface area contributed by atoms with Crippen LogP contribution < -0.4 is 15.2 Å². The molecule has 0 spiro atoms. The maximum absolute atomic E-state index is 14.5. The van der Waals surface area contributed by atoms with Crippen LogP contribution in [0.2, 0.25) is 0 Å². The van der Waals surface area contributed by atoms with Crippen molar-refractivity contribution in [3.63, 3.8) is 0 Å². The predicted octanol–water partition coefficient (Wildman–Crippen LogP) is 2.02. The number of nitrogens with zero attached hydrogens (tertiary/aromatic N) is 4. The zero-order chi connectivity index (χ0) is 19.0. The van der Waals surface area contributed by atoms with E-state index in [2.05, 4.69) is 9.97 Å². The van der Waals surface area contributed by atoms with Gasteiger partial charge in [-0.3, -0.25) is 4.79 Å². The second kappa shape index (κ2) is 7.20. The molecule has 142 valence electrons. The second-order valence-corrected chi connectivity index (χ2v) is 6.96. The number of benzene rings is 1. The molecule has 0 radical (unpaired) electrons. The fraction of sp³-hybridized carbons (Fsp3) is 0.353. The van der Waals surface area contributed by atoms with Crippen LogP contribution in [0.3, 0.4) is 0 Å². The average molecular weight is 394 g/mol. The summed E-state index contributed by atoms with van der Waals surface area (Å²) in [7, 11) is 1.21. The van der Waals surface area contributed by atoms with Crippen molar-refractivity contribution >= 4 is 26.8 Å². The summed E-state index contributed by atoms with van der Waals surface area (Å²) in [6, 6.07) is 2.48. The molecule has 10 heteroatoms. The average Bonchev–Trinajstić information content (AvgIpc) is 3.14. The van der Waals surface area contributed by atoms with Crippen molar-refractivity contribution in [2.75, 3.05) is 38.3 Å². The van der Waals surface area contributed by atoms with Crippen molar-refractivity contribution < 1.29 is 18.3 Å². The number of aromatic nitrogens is 3. The number of anilines is 1. The van der Waals surface area contributed by atoms with Gasteiger partial charge < -0.3 is 18.9 Å². The van der Waals surface area contributed by atoms with E-state index in [0.717, 1.165) is 6.07 Å². The summed E-state index contributed by atoms with van der Waals surface area (Å²) in [4.78, 5) is 22.6. The lowest BCUT2D eigenvalue weighted by atomic mass is 10.2. The highest BCUT2D eigenvalue weighted by atomic mass is 32.1. The molecule has 1 aromatic carbocycles. The topological polar surface area (TPSA) is 69.5 Å². The van der Waals surface area contributed by atoms with E-state index in [-0.39, 0.29) is 17.7 Å². The first-order valence-corrected chi connectivity index (χ1v) is 9.09. The summed E-state index contributed by atoms with van der Waals surface area (Å²) in [5.41, 5.74) is 0.250. The normalized spacial score (nSPS) is 14.7. The molecule has 2 aromatic heterocycles. The Labute approximate surface area is 156 Å². The molecule has 0 unspecified atom stereocenters. The van der Waals surface area contributed by atoms with Crippen LogP contribution in [0.15, 0.2) is 23.3 Å². The highest BCUT2D eigenvalue weighted by molar-refractivity contribution is 7.22. The van der Waals surface area contributed by atoms with Gasteiger partial charge in [0.1, 0.15) is 11.0 Å². The Morgan fingerprint density at radius 2 is 2.07 bits per heavy atom. The number of halogens is 2. The van der Waals surface area contributed by atoms with Gasteiger partial charge in [-0.1, -0.05) is 17.4 Å². The van der Waals surface area contributed by atoms with Gasteiger partial charge in [0.2, 0.25) is 0 Å². The summed E-state index contributed by atoms with van der Waals surface area (Å²) in [5, 5.41) is 0.698. The maximum atomic E-state index is 14.5. The van der Waals surface area contributed by atoms with Gasteiger partial charge in [0.05, 0.1) is 26.9 Å². The van der Waals surface area contributed by atoms with Crippen LogP contribution in [-0.4, -0.2) is 47.9 Å². The SMILES string of the molecule is COc1c(F)ccc(Cn2cnc(=O)c3sc(N4CCOCC4)nc32)c1F. The van der Waals surface area contributed by atoms with Gasteiger partial charge in [0.25, 0.3) is 5.56 Å². The number of ether oxygens (including phenoxy) is 2. The first-order chi connectivity index (χ1) is 13.1. The quantitative estimate of drug-likeness (QED) is 0.675. The van der Waals surface area contributed by atoms with Crippen LogP contribution in [0.1, 0.15) is 5.56 Å². The van der Waals surface area contributed by atoms with Gasteiger partial charge in [-0.2, -0.15) is 4.98 Å². The molecule has 0 amide bonds. The van der Waals surface area contributed by atoms with Gasteiger partial charge >= 0.3 is 0 Å². The molecule has 1 fully saturated rings. The van der Waals surface area contributed by atoms with Crippen LogP contribution in [0.25, 0.3) is 10.3 Å². The van der Waals surface area contributed by atoms with E-state index < -0.39 is 17.4 Å². The van der Waals surface area contributed by atoms with Gasteiger partial charge in [0, 0.05) is 18.7 Å². The number of rotatable bonds is 4. The number of morpholine rings is 1.